The van der Waals surface area contributed by atoms with Crippen molar-refractivity contribution in [2.45, 2.75) is 5.41 Å². The van der Waals surface area contributed by atoms with E-state index in [4.69, 9.17) is 0 Å². The quantitative estimate of drug-likeness (QED) is 0.142. The second kappa shape index (κ2) is 18.1. The zero-order valence-corrected chi connectivity index (χ0v) is 42.3. The molecule has 0 bridgehead atoms. The first-order chi connectivity index (χ1) is 38.2. The molecule has 0 aromatic heterocycles. The highest BCUT2D eigenvalue weighted by Gasteiger charge is 2.52. The molecule has 1 spiro atoms. The van der Waals surface area contributed by atoms with Crippen LogP contribution in [0, 0.1) is 0 Å². The zero-order valence-electron chi connectivity index (χ0n) is 42.3. The molecule has 0 aliphatic heterocycles. The summed E-state index contributed by atoms with van der Waals surface area (Å²) in [6.45, 7) is 0. The summed E-state index contributed by atoms with van der Waals surface area (Å²) in [6.07, 6.45) is 0. The summed E-state index contributed by atoms with van der Waals surface area (Å²) < 4.78 is 0. The second-order valence-electron chi connectivity index (χ2n) is 20.3. The molecule has 0 saturated carbocycles. The lowest BCUT2D eigenvalue weighted by molar-refractivity contribution is 0.793. The molecule has 0 N–H and O–H groups in total. The Morgan fingerprint density at radius 1 is 0.221 bits per heavy atom. The van der Waals surface area contributed by atoms with Gasteiger partial charge in [0.15, 0.2) is 0 Å². The SMILES string of the molecule is c1ccc(-c2ccc(-c3c(N(c4ccccc4)c4ccc5c(c4)C4(c6ccccc6-c6ccc(N(c7ccc8ccccc8c7)c7ccccc7-c7ccccc7)cc64)c4ccccc4-5)ccc4ccccc34)cc2)cc1. The van der Waals surface area contributed by atoms with Crippen LogP contribution in [-0.4, -0.2) is 0 Å². The molecule has 2 aliphatic rings. The number of hydrogen-bond donors (Lipinski definition) is 0. The second-order valence-corrected chi connectivity index (χ2v) is 20.3. The van der Waals surface area contributed by atoms with Crippen molar-refractivity contribution in [2.24, 2.45) is 0 Å². The highest BCUT2D eigenvalue weighted by atomic mass is 15.2. The van der Waals surface area contributed by atoms with Gasteiger partial charge in [-0.15, -0.1) is 0 Å². The molecule has 77 heavy (non-hydrogen) atoms. The lowest BCUT2D eigenvalue weighted by atomic mass is 9.70. The van der Waals surface area contributed by atoms with Crippen LogP contribution in [0.3, 0.4) is 0 Å². The van der Waals surface area contributed by atoms with E-state index in [1.54, 1.807) is 0 Å². The van der Waals surface area contributed by atoms with Gasteiger partial charge in [0, 0.05) is 33.9 Å². The average Bonchev–Trinajstić information content (AvgIpc) is 4.05. The molecular formula is C75H50N2. The molecule has 2 nitrogen and oxygen atoms in total. The van der Waals surface area contributed by atoms with Crippen molar-refractivity contribution in [3.05, 3.63) is 326 Å². The van der Waals surface area contributed by atoms with E-state index in [2.05, 4.69) is 313 Å². The fourth-order valence-corrected chi connectivity index (χ4v) is 12.9. The van der Waals surface area contributed by atoms with E-state index in [0.29, 0.717) is 0 Å². The predicted octanol–water partition coefficient (Wildman–Crippen LogP) is 20.3. The van der Waals surface area contributed by atoms with E-state index in [1.165, 1.54) is 99.4 Å². The lowest BCUT2D eigenvalue weighted by Crippen LogP contribution is -2.26. The Bertz CT molecular complexity index is 4380. The summed E-state index contributed by atoms with van der Waals surface area (Å²) in [5.74, 6) is 0. The Morgan fingerprint density at radius 2 is 0.662 bits per heavy atom. The van der Waals surface area contributed by atoms with Gasteiger partial charge in [-0.25, -0.2) is 0 Å². The van der Waals surface area contributed by atoms with Crippen LogP contribution in [0.25, 0.3) is 77.2 Å². The van der Waals surface area contributed by atoms with Gasteiger partial charge in [0.1, 0.15) is 0 Å². The van der Waals surface area contributed by atoms with Gasteiger partial charge in [0.05, 0.1) is 16.8 Å². The number of fused-ring (bicyclic) bond motifs is 12. The molecule has 360 valence electrons. The monoisotopic (exact) mass is 978 g/mol. The van der Waals surface area contributed by atoms with E-state index in [-0.39, 0.29) is 0 Å². The van der Waals surface area contributed by atoms with Crippen LogP contribution >= 0.6 is 0 Å². The Balaban J connectivity index is 0.971. The average molecular weight is 979 g/mol. The largest absolute Gasteiger partial charge is 0.310 e. The highest BCUT2D eigenvalue weighted by Crippen LogP contribution is 2.64. The number of rotatable bonds is 9. The molecule has 0 amide bonds. The van der Waals surface area contributed by atoms with Crippen molar-refractivity contribution in [3.8, 4) is 55.6 Å². The van der Waals surface area contributed by atoms with Crippen molar-refractivity contribution in [3.63, 3.8) is 0 Å². The molecule has 1 unspecified atom stereocenters. The molecule has 0 radical (unpaired) electrons. The maximum atomic E-state index is 2.52. The van der Waals surface area contributed by atoms with E-state index < -0.39 is 5.41 Å². The number of benzene rings is 13. The topological polar surface area (TPSA) is 6.48 Å². The zero-order chi connectivity index (χ0) is 50.9. The van der Waals surface area contributed by atoms with Crippen LogP contribution in [0.15, 0.2) is 303 Å². The Kier molecular flexibility index (Phi) is 10.5. The number of nitrogens with zero attached hydrogens (tertiary/aromatic N) is 2. The van der Waals surface area contributed by atoms with Crippen LogP contribution in [0.5, 0.6) is 0 Å². The minimum Gasteiger partial charge on any atom is -0.310 e. The molecule has 13 aromatic rings. The standard InChI is InChI=1S/C75H50N2/c1-4-20-51(21-5-1)53-36-38-56(39-37-53)74-63-30-13-12-25-55(63)41-47-73(74)76(58-27-8-3-9-28-58)60-43-45-66-64-31-14-17-33-68(64)75(70(66)49-60)69-34-18-15-32-65(69)67-46-44-61(50-71(67)75)77(59-42-40-52-22-10-11-26-57(52)48-59)72-35-19-16-29-62(72)54-23-6-2-7-24-54/h1-50H. The summed E-state index contributed by atoms with van der Waals surface area (Å²) in [7, 11) is 0. The molecule has 15 rings (SSSR count). The third-order valence-corrected chi connectivity index (χ3v) is 16.2. The fraction of sp³-hybridized carbons (Fsp3) is 0.0133. The molecule has 0 saturated heterocycles. The van der Waals surface area contributed by atoms with Crippen LogP contribution < -0.4 is 9.80 Å². The molecule has 0 heterocycles. The smallest absolute Gasteiger partial charge is 0.0727 e. The van der Waals surface area contributed by atoms with Gasteiger partial charge in [-0.2, -0.15) is 0 Å². The Labute approximate surface area is 449 Å². The van der Waals surface area contributed by atoms with Gasteiger partial charge in [-0.05, 0) is 149 Å². The first kappa shape index (κ1) is 44.5. The van der Waals surface area contributed by atoms with Gasteiger partial charge in [-0.1, -0.05) is 243 Å². The molecule has 0 fully saturated rings. The number of anilines is 6. The lowest BCUT2D eigenvalue weighted by Gasteiger charge is -2.34. The van der Waals surface area contributed by atoms with Gasteiger partial charge in [0.25, 0.3) is 0 Å². The highest BCUT2D eigenvalue weighted by molar-refractivity contribution is 6.06. The Hall–Kier alpha value is -10.0. The van der Waals surface area contributed by atoms with Crippen molar-refractivity contribution >= 4 is 55.7 Å². The first-order valence-electron chi connectivity index (χ1n) is 26.7. The summed E-state index contributed by atoms with van der Waals surface area (Å²) in [4.78, 5) is 4.97. The van der Waals surface area contributed by atoms with Crippen LogP contribution in [0.2, 0.25) is 0 Å². The molecule has 2 heteroatoms. The van der Waals surface area contributed by atoms with Crippen LogP contribution in [-0.2, 0) is 5.41 Å². The van der Waals surface area contributed by atoms with Gasteiger partial charge >= 0.3 is 0 Å². The normalized spacial score (nSPS) is 13.8. The Morgan fingerprint density at radius 3 is 1.32 bits per heavy atom. The number of para-hydroxylation sites is 2. The van der Waals surface area contributed by atoms with Gasteiger partial charge < -0.3 is 9.80 Å². The van der Waals surface area contributed by atoms with Crippen molar-refractivity contribution in [1.29, 1.82) is 0 Å². The predicted molar refractivity (Wildman–Crippen MR) is 323 cm³/mol. The van der Waals surface area contributed by atoms with E-state index >= 15 is 0 Å². The molecular weight excluding hydrogens is 929 g/mol. The minimum atomic E-state index is -0.639. The fourth-order valence-electron chi connectivity index (χ4n) is 12.9. The summed E-state index contributed by atoms with van der Waals surface area (Å²) in [5.41, 5.74) is 23.3. The van der Waals surface area contributed by atoms with Gasteiger partial charge in [-0.3, -0.25) is 0 Å². The molecule has 2 aliphatic carbocycles. The third kappa shape index (κ3) is 7.10. The minimum absolute atomic E-state index is 0.639. The first-order valence-corrected chi connectivity index (χ1v) is 26.7. The van der Waals surface area contributed by atoms with E-state index in [1.807, 2.05) is 0 Å². The van der Waals surface area contributed by atoms with E-state index in [9.17, 15) is 0 Å². The van der Waals surface area contributed by atoms with Crippen LogP contribution in [0.1, 0.15) is 22.3 Å². The third-order valence-electron chi connectivity index (χ3n) is 16.2. The maximum absolute atomic E-state index is 2.52. The van der Waals surface area contributed by atoms with E-state index in [0.717, 1.165) is 34.1 Å². The number of hydrogen-bond acceptors (Lipinski definition) is 2. The van der Waals surface area contributed by atoms with Crippen molar-refractivity contribution in [2.75, 3.05) is 9.80 Å². The summed E-state index contributed by atoms with van der Waals surface area (Å²) in [5, 5.41) is 4.82. The van der Waals surface area contributed by atoms with Crippen LogP contribution in [0.4, 0.5) is 34.1 Å². The molecule has 13 aromatic carbocycles. The van der Waals surface area contributed by atoms with Crippen molar-refractivity contribution in [1.82, 2.24) is 0 Å². The van der Waals surface area contributed by atoms with Crippen molar-refractivity contribution < 1.29 is 0 Å². The summed E-state index contributed by atoms with van der Waals surface area (Å²) in [6, 6.07) is 112. The summed E-state index contributed by atoms with van der Waals surface area (Å²) >= 11 is 0. The maximum Gasteiger partial charge on any atom is 0.0727 e. The van der Waals surface area contributed by atoms with Gasteiger partial charge in [0.2, 0.25) is 0 Å². The molecule has 1 atom stereocenters.